The Kier molecular flexibility index (Phi) is 2.09. The van der Waals surface area contributed by atoms with E-state index in [-0.39, 0.29) is 5.91 Å². The molecule has 0 spiro atoms. The van der Waals surface area contributed by atoms with E-state index in [1.54, 1.807) is 6.92 Å². The highest BCUT2D eigenvalue weighted by molar-refractivity contribution is 5.73. The number of nitrogens with zero attached hydrogens (tertiary/aromatic N) is 1. The third-order valence-corrected chi connectivity index (χ3v) is 1.63. The van der Waals surface area contributed by atoms with Crippen LogP contribution in [0, 0.1) is 6.42 Å². The molecule has 0 aromatic heterocycles. The third-order valence-electron chi connectivity index (χ3n) is 1.63. The summed E-state index contributed by atoms with van der Waals surface area (Å²) in [6, 6.07) is 0. The van der Waals surface area contributed by atoms with Gasteiger partial charge in [-0.25, -0.2) is 0 Å². The van der Waals surface area contributed by atoms with Gasteiger partial charge in [-0.15, -0.1) is 0 Å². The second-order valence-corrected chi connectivity index (χ2v) is 2.40. The Hall–Kier alpha value is -0.530. The highest BCUT2D eigenvalue weighted by Crippen LogP contribution is 2.06. The van der Waals surface area contributed by atoms with Gasteiger partial charge in [-0.1, -0.05) is 0 Å². The molecule has 0 saturated carbocycles. The topological polar surface area (TPSA) is 20.3 Å². The first-order valence-corrected chi connectivity index (χ1v) is 3.38. The number of rotatable bonds is 0. The number of piperidine rings is 1. The van der Waals surface area contributed by atoms with Crippen LogP contribution in [0.5, 0.6) is 0 Å². The van der Waals surface area contributed by atoms with Gasteiger partial charge in [0.1, 0.15) is 0 Å². The van der Waals surface area contributed by atoms with E-state index in [9.17, 15) is 4.79 Å². The molecule has 0 bridgehead atoms. The molecule has 1 saturated heterocycles. The molecule has 1 heterocycles. The first-order valence-electron chi connectivity index (χ1n) is 3.38. The average molecular weight is 126 g/mol. The minimum Gasteiger partial charge on any atom is -0.343 e. The van der Waals surface area contributed by atoms with Gasteiger partial charge in [0, 0.05) is 20.0 Å². The van der Waals surface area contributed by atoms with Crippen molar-refractivity contribution >= 4 is 5.91 Å². The van der Waals surface area contributed by atoms with Crippen LogP contribution in [0.1, 0.15) is 19.8 Å². The summed E-state index contributed by atoms with van der Waals surface area (Å²) in [6.07, 6.45) is 4.47. The van der Waals surface area contributed by atoms with E-state index in [1.165, 1.54) is 6.42 Å². The predicted octanol–water partition coefficient (Wildman–Crippen LogP) is 0.833. The minimum atomic E-state index is 0.200. The maximum Gasteiger partial charge on any atom is 0.219 e. The van der Waals surface area contributed by atoms with Gasteiger partial charge in [0.2, 0.25) is 5.91 Å². The van der Waals surface area contributed by atoms with Crippen molar-refractivity contribution in [2.24, 2.45) is 0 Å². The van der Waals surface area contributed by atoms with Crippen molar-refractivity contribution in [1.29, 1.82) is 0 Å². The van der Waals surface area contributed by atoms with Crippen molar-refractivity contribution in [2.45, 2.75) is 19.8 Å². The van der Waals surface area contributed by atoms with Gasteiger partial charge in [-0.3, -0.25) is 4.79 Å². The molecule has 2 heteroatoms. The Morgan fingerprint density at radius 3 is 2.78 bits per heavy atom. The van der Waals surface area contributed by atoms with Gasteiger partial charge in [0.25, 0.3) is 0 Å². The molecule has 1 rings (SSSR count). The number of amides is 1. The van der Waals surface area contributed by atoms with Crippen molar-refractivity contribution < 1.29 is 4.79 Å². The summed E-state index contributed by atoms with van der Waals surface area (Å²) in [6.45, 7) is 3.43. The number of carbonyl (C=O) groups is 1. The second-order valence-electron chi connectivity index (χ2n) is 2.40. The van der Waals surface area contributed by atoms with Crippen molar-refractivity contribution in [3.05, 3.63) is 6.42 Å². The molecule has 0 aromatic carbocycles. The molecule has 0 N–H and O–H groups in total. The van der Waals surface area contributed by atoms with Gasteiger partial charge >= 0.3 is 0 Å². The van der Waals surface area contributed by atoms with E-state index in [1.807, 2.05) is 4.90 Å². The lowest BCUT2D eigenvalue weighted by molar-refractivity contribution is -0.129. The summed E-state index contributed by atoms with van der Waals surface area (Å²) in [5, 5.41) is 0. The molecule has 1 aliphatic heterocycles. The Labute approximate surface area is 55.8 Å². The van der Waals surface area contributed by atoms with Crippen LogP contribution in [0.15, 0.2) is 0 Å². The van der Waals surface area contributed by atoms with Crippen LogP contribution < -0.4 is 0 Å². The summed E-state index contributed by atoms with van der Waals surface area (Å²) in [5.74, 6) is 0.200. The number of likely N-dealkylation sites (tertiary alicyclic amines) is 1. The number of hydrogen-bond acceptors (Lipinski definition) is 1. The lowest BCUT2D eigenvalue weighted by atomic mass is 10.1. The van der Waals surface area contributed by atoms with Crippen molar-refractivity contribution in [1.82, 2.24) is 4.90 Å². The third kappa shape index (κ3) is 1.70. The lowest BCUT2D eigenvalue weighted by Crippen LogP contribution is -2.33. The Morgan fingerprint density at radius 2 is 2.44 bits per heavy atom. The molecule has 1 aliphatic rings. The fourth-order valence-electron chi connectivity index (χ4n) is 1.05. The average Bonchev–Trinajstić information content (AvgIpc) is 1.90. The maximum absolute atomic E-state index is 10.7. The fraction of sp³-hybridized carbons (Fsp3) is 0.714. The molecule has 9 heavy (non-hydrogen) atoms. The Morgan fingerprint density at radius 1 is 1.67 bits per heavy atom. The van der Waals surface area contributed by atoms with E-state index in [0.29, 0.717) is 0 Å². The van der Waals surface area contributed by atoms with Gasteiger partial charge in [-0.05, 0) is 19.3 Å². The largest absolute Gasteiger partial charge is 0.343 e. The van der Waals surface area contributed by atoms with E-state index in [4.69, 9.17) is 0 Å². The van der Waals surface area contributed by atoms with Crippen LogP contribution in [0.2, 0.25) is 0 Å². The number of carbonyl (C=O) groups excluding carboxylic acids is 1. The van der Waals surface area contributed by atoms with Crippen LogP contribution in [-0.4, -0.2) is 23.9 Å². The first-order chi connectivity index (χ1) is 4.30. The lowest BCUT2D eigenvalue weighted by Gasteiger charge is -2.24. The van der Waals surface area contributed by atoms with Crippen LogP contribution >= 0.6 is 0 Å². The van der Waals surface area contributed by atoms with Gasteiger partial charge < -0.3 is 4.90 Å². The fourth-order valence-corrected chi connectivity index (χ4v) is 1.05. The van der Waals surface area contributed by atoms with E-state index < -0.39 is 0 Å². The molecular weight excluding hydrogens is 114 g/mol. The second kappa shape index (κ2) is 2.85. The van der Waals surface area contributed by atoms with Crippen LogP contribution in [0.4, 0.5) is 0 Å². The maximum atomic E-state index is 10.7. The predicted molar refractivity (Wildman–Crippen MR) is 35.8 cm³/mol. The molecule has 1 fully saturated rings. The normalized spacial score (nSPS) is 19.9. The molecule has 2 nitrogen and oxygen atoms in total. The quantitative estimate of drug-likeness (QED) is 0.471. The zero-order chi connectivity index (χ0) is 6.69. The standard InChI is InChI=1S/C7H12NO/c1-7(9)8-5-3-2-4-6-8/h3H,2,4-6H2,1H3. The van der Waals surface area contributed by atoms with Crippen molar-refractivity contribution in [3.63, 3.8) is 0 Å². The van der Waals surface area contributed by atoms with E-state index in [2.05, 4.69) is 6.42 Å². The molecule has 51 valence electrons. The van der Waals surface area contributed by atoms with Gasteiger partial charge in [-0.2, -0.15) is 0 Å². The minimum absolute atomic E-state index is 0.200. The Bertz CT molecular complexity index is 105. The molecule has 1 amide bonds. The summed E-state index contributed by atoms with van der Waals surface area (Å²) in [4.78, 5) is 12.6. The van der Waals surface area contributed by atoms with Crippen molar-refractivity contribution in [2.75, 3.05) is 13.1 Å². The molecular formula is C7H12NO. The monoisotopic (exact) mass is 126 g/mol. The van der Waals surface area contributed by atoms with Crippen molar-refractivity contribution in [3.8, 4) is 0 Å². The van der Waals surface area contributed by atoms with Crippen LogP contribution in [0.3, 0.4) is 0 Å². The zero-order valence-electron chi connectivity index (χ0n) is 5.76. The Balaban J connectivity index is 2.31. The van der Waals surface area contributed by atoms with E-state index >= 15 is 0 Å². The SMILES string of the molecule is CC(=O)N1C[CH]CCC1. The summed E-state index contributed by atoms with van der Waals surface area (Å²) >= 11 is 0. The molecule has 1 radical (unpaired) electrons. The number of hydrogen-bond donors (Lipinski definition) is 0. The summed E-state index contributed by atoms with van der Waals surface area (Å²) in [5.41, 5.74) is 0. The molecule has 0 unspecified atom stereocenters. The molecule has 0 atom stereocenters. The van der Waals surface area contributed by atoms with Gasteiger partial charge in [0.15, 0.2) is 0 Å². The van der Waals surface area contributed by atoms with Crippen LogP contribution in [0.25, 0.3) is 0 Å². The van der Waals surface area contributed by atoms with E-state index in [0.717, 1.165) is 19.5 Å². The highest BCUT2D eigenvalue weighted by Gasteiger charge is 2.11. The smallest absolute Gasteiger partial charge is 0.219 e. The zero-order valence-corrected chi connectivity index (χ0v) is 5.76. The molecule has 0 aromatic rings. The van der Waals surface area contributed by atoms with Crippen LogP contribution in [-0.2, 0) is 4.79 Å². The molecule has 0 aliphatic carbocycles. The summed E-state index contributed by atoms with van der Waals surface area (Å²) < 4.78 is 0. The first kappa shape index (κ1) is 6.59. The van der Waals surface area contributed by atoms with Gasteiger partial charge in [0.05, 0.1) is 0 Å². The highest BCUT2D eigenvalue weighted by atomic mass is 16.2. The summed E-state index contributed by atoms with van der Waals surface area (Å²) in [7, 11) is 0.